The van der Waals surface area contributed by atoms with Crippen LogP contribution in [0.2, 0.25) is 0 Å². The van der Waals surface area contributed by atoms with Crippen molar-refractivity contribution in [3.05, 3.63) is 47.4 Å². The molecule has 0 bridgehead atoms. The highest BCUT2D eigenvalue weighted by Crippen LogP contribution is 2.35. The molecule has 12 heteroatoms. The molecule has 12 nitrogen and oxygen atoms in total. The number of aromatic nitrogens is 1. The van der Waals surface area contributed by atoms with Crippen LogP contribution in [0.3, 0.4) is 0 Å². The lowest BCUT2D eigenvalue weighted by molar-refractivity contribution is -0.144. The monoisotopic (exact) mass is 668 g/mol. The Morgan fingerprint density at radius 1 is 0.958 bits per heavy atom. The summed E-state index contributed by atoms with van der Waals surface area (Å²) in [6, 6.07) is 0.980. The molecule has 48 heavy (non-hydrogen) atoms. The molecule has 0 spiro atoms. The first-order valence-corrected chi connectivity index (χ1v) is 17.1. The van der Waals surface area contributed by atoms with Gasteiger partial charge >= 0.3 is 6.03 Å². The van der Waals surface area contributed by atoms with Gasteiger partial charge in [0, 0.05) is 31.9 Å². The van der Waals surface area contributed by atoms with Crippen molar-refractivity contribution in [3.8, 4) is 0 Å². The fourth-order valence-corrected chi connectivity index (χ4v) is 6.17. The molecule has 4 N–H and O–H groups in total. The minimum Gasteiger partial charge on any atom is -0.346 e. The number of Topliss-reactive ketones (excluding diaryl/α,β-unsaturated/α-hetero) is 1. The molecule has 5 amide bonds. The summed E-state index contributed by atoms with van der Waals surface area (Å²) in [5, 5.41) is 11.2. The molecule has 1 saturated carbocycles. The predicted octanol–water partition coefficient (Wildman–Crippen LogP) is 3.01. The van der Waals surface area contributed by atoms with Crippen LogP contribution in [-0.4, -0.2) is 76.3 Å². The van der Waals surface area contributed by atoms with E-state index in [1.807, 2.05) is 55.4 Å². The maximum atomic E-state index is 14.4. The van der Waals surface area contributed by atoms with Crippen LogP contribution in [-0.2, 0) is 25.7 Å². The third kappa shape index (κ3) is 10.3. The molecule has 5 atom stereocenters. The first kappa shape index (κ1) is 38.5. The van der Waals surface area contributed by atoms with Crippen molar-refractivity contribution in [2.75, 3.05) is 13.1 Å². The van der Waals surface area contributed by atoms with E-state index in [-0.39, 0.29) is 36.4 Å². The molecule has 2 fully saturated rings. The molecule has 1 unspecified atom stereocenters. The summed E-state index contributed by atoms with van der Waals surface area (Å²) in [4.78, 5) is 81.6. The van der Waals surface area contributed by atoms with E-state index in [2.05, 4.69) is 27.8 Å². The van der Waals surface area contributed by atoms with Crippen molar-refractivity contribution in [1.29, 1.82) is 0 Å². The average molecular weight is 669 g/mol. The normalized spacial score (nSPS) is 20.0. The Hall–Kier alpha value is -3.96. The van der Waals surface area contributed by atoms with Crippen molar-refractivity contribution in [2.24, 2.45) is 28.6 Å². The van der Waals surface area contributed by atoms with E-state index in [4.69, 9.17) is 0 Å². The molecule has 2 aliphatic rings. The van der Waals surface area contributed by atoms with Crippen LogP contribution >= 0.6 is 0 Å². The van der Waals surface area contributed by atoms with E-state index < -0.39 is 64.5 Å². The fourth-order valence-electron chi connectivity index (χ4n) is 6.17. The molecule has 266 valence electrons. The number of amides is 5. The van der Waals surface area contributed by atoms with Crippen molar-refractivity contribution in [1.82, 2.24) is 30.7 Å². The summed E-state index contributed by atoms with van der Waals surface area (Å²) < 4.78 is 1.53. The number of nitrogens with one attached hydrogen (secondary N) is 4. The lowest BCUT2D eigenvalue weighted by Gasteiger charge is -2.38. The third-order valence-electron chi connectivity index (χ3n) is 9.40. The van der Waals surface area contributed by atoms with Gasteiger partial charge in [0.15, 0.2) is 0 Å². The minimum atomic E-state index is -1.01. The van der Waals surface area contributed by atoms with Crippen LogP contribution in [0.15, 0.2) is 41.8 Å². The molecule has 1 aliphatic carbocycles. The smallest absolute Gasteiger partial charge is 0.315 e. The van der Waals surface area contributed by atoms with Gasteiger partial charge in [-0.3, -0.25) is 24.0 Å². The standard InChI is InChI=1S/C36H56N6O6/c1-10-17-37-32(46)29(44)25(20-23-14-15-23)38-31(45)28-24(22(2)3)16-19-42(28)33(47)30(36(7,8)9)40-34(48)39-26(35(4,5)6)21-41-18-12-11-13-27(41)43/h10-13,18,22-26,28,30H,1,14-17,19-21H2,2-9H3,(H,37,46)(H,38,45)(H2,39,40,48)/t24-,25?,26-,28+,30-/m1/s1. The second-order valence-electron chi connectivity index (χ2n) is 15.8. The fraction of sp³-hybridized carbons (Fsp3) is 0.667. The van der Waals surface area contributed by atoms with E-state index in [0.29, 0.717) is 19.4 Å². The second kappa shape index (κ2) is 16.0. The van der Waals surface area contributed by atoms with Crippen LogP contribution in [0.25, 0.3) is 0 Å². The predicted molar refractivity (Wildman–Crippen MR) is 185 cm³/mol. The number of hydrogen-bond acceptors (Lipinski definition) is 6. The van der Waals surface area contributed by atoms with Gasteiger partial charge in [0.2, 0.25) is 17.6 Å². The number of likely N-dealkylation sites (tertiary alicyclic amines) is 1. The highest BCUT2D eigenvalue weighted by molar-refractivity contribution is 6.38. The molecule has 0 aromatic carbocycles. The number of urea groups is 1. The van der Waals surface area contributed by atoms with Gasteiger partial charge in [0.25, 0.3) is 11.5 Å². The summed E-state index contributed by atoms with van der Waals surface area (Å²) in [6.45, 7) is 19.6. The van der Waals surface area contributed by atoms with Crippen LogP contribution in [0.5, 0.6) is 0 Å². The van der Waals surface area contributed by atoms with Gasteiger partial charge in [0.05, 0.1) is 12.1 Å². The zero-order valence-corrected chi connectivity index (χ0v) is 29.9. The molecule has 1 aliphatic heterocycles. The number of pyridine rings is 1. The summed E-state index contributed by atoms with van der Waals surface area (Å²) in [5.41, 5.74) is -1.34. The third-order valence-corrected chi connectivity index (χ3v) is 9.40. The quantitative estimate of drug-likeness (QED) is 0.176. The van der Waals surface area contributed by atoms with E-state index in [1.54, 1.807) is 18.3 Å². The Balaban J connectivity index is 1.84. The van der Waals surface area contributed by atoms with E-state index in [9.17, 15) is 28.8 Å². The SMILES string of the molecule is C=CCNC(=O)C(=O)C(CC1CC1)NC(=O)[C@@H]1[C@@H](C(C)C)CCN1C(=O)[C@@H](NC(=O)N[C@H](Cn1ccccc1=O)C(C)(C)C)C(C)(C)C. The lowest BCUT2D eigenvalue weighted by atomic mass is 9.84. The molecule has 1 saturated heterocycles. The first-order chi connectivity index (χ1) is 22.3. The number of hydrogen-bond donors (Lipinski definition) is 4. The Kier molecular flexibility index (Phi) is 12.8. The molecule has 2 heterocycles. The van der Waals surface area contributed by atoms with Gasteiger partial charge in [-0.05, 0) is 47.5 Å². The van der Waals surface area contributed by atoms with Crippen molar-refractivity contribution in [2.45, 2.75) is 112 Å². The van der Waals surface area contributed by atoms with Crippen LogP contribution < -0.4 is 26.8 Å². The van der Waals surface area contributed by atoms with Crippen LogP contribution in [0, 0.1) is 28.6 Å². The maximum Gasteiger partial charge on any atom is 0.315 e. The molecule has 3 rings (SSSR count). The average Bonchev–Trinajstić information content (AvgIpc) is 3.70. The number of nitrogens with zero attached hydrogens (tertiary/aromatic N) is 2. The Bertz CT molecular complexity index is 1400. The molecule has 0 radical (unpaired) electrons. The van der Waals surface area contributed by atoms with E-state index >= 15 is 0 Å². The summed E-state index contributed by atoms with van der Waals surface area (Å²) in [7, 11) is 0. The number of carbonyl (C=O) groups is 5. The van der Waals surface area contributed by atoms with E-state index in [0.717, 1.165) is 12.8 Å². The van der Waals surface area contributed by atoms with Crippen LogP contribution in [0.1, 0.15) is 81.1 Å². The second-order valence-corrected chi connectivity index (χ2v) is 15.8. The van der Waals surface area contributed by atoms with Gasteiger partial charge in [-0.2, -0.15) is 0 Å². The zero-order chi connectivity index (χ0) is 36.0. The first-order valence-electron chi connectivity index (χ1n) is 17.1. The Morgan fingerprint density at radius 2 is 1.62 bits per heavy atom. The van der Waals surface area contributed by atoms with Gasteiger partial charge in [-0.25, -0.2) is 4.79 Å². The van der Waals surface area contributed by atoms with Gasteiger partial charge in [-0.1, -0.05) is 80.4 Å². The van der Waals surface area contributed by atoms with Crippen LogP contribution in [0.4, 0.5) is 4.79 Å². The molecule has 1 aromatic heterocycles. The van der Waals surface area contributed by atoms with Crippen molar-refractivity contribution < 1.29 is 24.0 Å². The van der Waals surface area contributed by atoms with Gasteiger partial charge < -0.3 is 30.7 Å². The van der Waals surface area contributed by atoms with Gasteiger partial charge in [0.1, 0.15) is 12.1 Å². The summed E-state index contributed by atoms with van der Waals surface area (Å²) in [6.07, 6.45) is 5.93. The highest BCUT2D eigenvalue weighted by Gasteiger charge is 2.48. The summed E-state index contributed by atoms with van der Waals surface area (Å²) in [5.74, 6) is -2.27. The van der Waals surface area contributed by atoms with E-state index in [1.165, 1.54) is 21.6 Å². The highest BCUT2D eigenvalue weighted by atomic mass is 16.2. The molecular formula is C36H56N6O6. The number of rotatable bonds is 14. The number of ketones is 1. The van der Waals surface area contributed by atoms with Gasteiger partial charge in [-0.15, -0.1) is 6.58 Å². The zero-order valence-electron chi connectivity index (χ0n) is 29.9. The topological polar surface area (TPSA) is 159 Å². The Morgan fingerprint density at radius 3 is 2.17 bits per heavy atom. The largest absolute Gasteiger partial charge is 0.346 e. The summed E-state index contributed by atoms with van der Waals surface area (Å²) >= 11 is 0. The Labute approximate surface area is 284 Å². The molecular weight excluding hydrogens is 612 g/mol. The molecule has 1 aromatic rings. The van der Waals surface area contributed by atoms with Crippen molar-refractivity contribution >= 4 is 29.5 Å². The van der Waals surface area contributed by atoms with Crippen molar-refractivity contribution in [3.63, 3.8) is 0 Å². The minimum absolute atomic E-state index is 0.0466. The lowest BCUT2D eigenvalue weighted by Crippen LogP contribution is -2.62. The number of carbonyl (C=O) groups excluding carboxylic acids is 5. The maximum absolute atomic E-state index is 14.4.